The highest BCUT2D eigenvalue weighted by atomic mass is 32.1. The van der Waals surface area contributed by atoms with Gasteiger partial charge in [-0.25, -0.2) is 4.98 Å². The molecule has 4 aromatic rings. The van der Waals surface area contributed by atoms with Gasteiger partial charge in [0.1, 0.15) is 5.75 Å². The summed E-state index contributed by atoms with van der Waals surface area (Å²) in [4.78, 5) is 31.4. The van der Waals surface area contributed by atoms with Gasteiger partial charge in [-0.15, -0.1) is 11.3 Å². The number of nitrogens with one attached hydrogen (secondary N) is 2. The largest absolute Gasteiger partial charge is 0.435 e. The third-order valence-corrected chi connectivity index (χ3v) is 5.38. The third kappa shape index (κ3) is 4.21. The van der Waals surface area contributed by atoms with Crippen LogP contribution in [0.4, 0.5) is 19.6 Å². The fraction of sp³-hybridized carbons (Fsp3) is 0.100. The average molecular weight is 444 g/mol. The third-order valence-electron chi connectivity index (χ3n) is 4.49. The summed E-state index contributed by atoms with van der Waals surface area (Å²) in [5, 5.41) is 14.5. The molecule has 2 N–H and O–H groups in total. The number of amides is 1. The molecular weight excluding hydrogens is 430 g/mol. The van der Waals surface area contributed by atoms with E-state index in [9.17, 15) is 23.7 Å². The predicted molar refractivity (Wildman–Crippen MR) is 112 cm³/mol. The van der Waals surface area contributed by atoms with Crippen LogP contribution >= 0.6 is 11.3 Å². The van der Waals surface area contributed by atoms with Crippen LogP contribution in [0.1, 0.15) is 15.2 Å². The van der Waals surface area contributed by atoms with E-state index in [2.05, 4.69) is 20.0 Å². The number of H-pyrrole nitrogens is 1. The van der Waals surface area contributed by atoms with E-state index in [1.54, 1.807) is 12.1 Å². The highest BCUT2D eigenvalue weighted by Crippen LogP contribution is 2.32. The molecule has 0 atom stereocenters. The Kier molecular flexibility index (Phi) is 5.34. The molecule has 4 rings (SSSR count). The summed E-state index contributed by atoms with van der Waals surface area (Å²) in [6, 6.07) is 10.3. The van der Waals surface area contributed by atoms with E-state index >= 15 is 0 Å². The Bertz CT molecular complexity index is 1280. The number of hydrogen-bond acceptors (Lipinski definition) is 6. The molecule has 0 fully saturated rings. The van der Waals surface area contributed by atoms with Crippen molar-refractivity contribution < 1.29 is 23.2 Å². The van der Waals surface area contributed by atoms with Crippen LogP contribution in [-0.2, 0) is 0 Å². The standard InChI is InChI=1S/C20H14F2N4O4S/c1-10-17(11-2-5-13(6-3-11)30-19(21)22)24-20(31-10)25-18(27)15-9-23-16-7-4-12(26(28)29)8-14(15)16/h2-9,19,23H,1H3,(H,24,25,27). The first-order chi connectivity index (χ1) is 14.8. The molecule has 158 valence electrons. The number of non-ortho nitro benzene ring substituents is 1. The second-order valence-corrected chi connectivity index (χ2v) is 7.67. The van der Waals surface area contributed by atoms with Crippen molar-refractivity contribution in [2.24, 2.45) is 0 Å². The van der Waals surface area contributed by atoms with Gasteiger partial charge >= 0.3 is 6.61 Å². The molecule has 2 aromatic heterocycles. The number of benzene rings is 2. The van der Waals surface area contributed by atoms with E-state index in [-0.39, 0.29) is 17.0 Å². The van der Waals surface area contributed by atoms with Crippen LogP contribution in [0.5, 0.6) is 5.75 Å². The van der Waals surface area contributed by atoms with E-state index in [4.69, 9.17) is 0 Å². The second-order valence-electron chi connectivity index (χ2n) is 6.47. The smallest absolute Gasteiger partial charge is 0.387 e. The summed E-state index contributed by atoms with van der Waals surface area (Å²) in [6.07, 6.45) is 1.48. The zero-order chi connectivity index (χ0) is 22.1. The number of aromatic nitrogens is 2. The zero-order valence-corrected chi connectivity index (χ0v) is 16.7. The van der Waals surface area contributed by atoms with E-state index in [1.165, 1.54) is 47.9 Å². The van der Waals surface area contributed by atoms with Gasteiger partial charge in [0.2, 0.25) is 0 Å². The second kappa shape index (κ2) is 8.11. The molecule has 0 aliphatic carbocycles. The van der Waals surface area contributed by atoms with Crippen LogP contribution in [-0.4, -0.2) is 27.4 Å². The molecule has 0 aliphatic heterocycles. The van der Waals surface area contributed by atoms with Crippen LogP contribution < -0.4 is 10.1 Å². The summed E-state index contributed by atoms with van der Waals surface area (Å²) in [5.41, 5.74) is 2.00. The monoisotopic (exact) mass is 444 g/mol. The van der Waals surface area contributed by atoms with Crippen LogP contribution in [0, 0.1) is 17.0 Å². The molecule has 0 unspecified atom stereocenters. The Balaban J connectivity index is 1.57. The van der Waals surface area contributed by atoms with Crippen LogP contribution in [0.25, 0.3) is 22.2 Å². The lowest BCUT2D eigenvalue weighted by Crippen LogP contribution is -2.11. The lowest BCUT2D eigenvalue weighted by Gasteiger charge is -2.05. The normalized spacial score (nSPS) is 11.1. The molecule has 2 heterocycles. The Morgan fingerprint density at radius 3 is 2.68 bits per heavy atom. The highest BCUT2D eigenvalue weighted by Gasteiger charge is 2.18. The van der Waals surface area contributed by atoms with Crippen molar-refractivity contribution in [3.05, 3.63) is 69.2 Å². The summed E-state index contributed by atoms with van der Waals surface area (Å²) in [6.45, 7) is -1.08. The molecule has 1 amide bonds. The van der Waals surface area contributed by atoms with Gasteiger partial charge < -0.3 is 9.72 Å². The molecule has 0 saturated heterocycles. The molecule has 0 saturated carbocycles. The van der Waals surface area contributed by atoms with Crippen molar-refractivity contribution in [1.29, 1.82) is 0 Å². The first-order valence-corrected chi connectivity index (χ1v) is 9.73. The number of hydrogen-bond donors (Lipinski definition) is 2. The number of anilines is 1. The Morgan fingerprint density at radius 2 is 2.00 bits per heavy atom. The molecule has 0 aliphatic rings. The number of carbonyl (C=O) groups excluding carboxylic acids is 1. The van der Waals surface area contributed by atoms with Gasteiger partial charge in [-0.3, -0.25) is 20.2 Å². The van der Waals surface area contributed by atoms with Gasteiger partial charge in [-0.2, -0.15) is 8.78 Å². The minimum Gasteiger partial charge on any atom is -0.435 e. The Hall–Kier alpha value is -3.86. The van der Waals surface area contributed by atoms with Crippen molar-refractivity contribution in [2.45, 2.75) is 13.5 Å². The van der Waals surface area contributed by atoms with Crippen molar-refractivity contribution in [2.75, 3.05) is 5.32 Å². The van der Waals surface area contributed by atoms with Gasteiger partial charge in [0.25, 0.3) is 11.6 Å². The van der Waals surface area contributed by atoms with Gasteiger partial charge in [-0.1, -0.05) is 0 Å². The summed E-state index contributed by atoms with van der Waals surface area (Å²) >= 11 is 1.25. The number of nitro benzene ring substituents is 1. The van der Waals surface area contributed by atoms with E-state index in [0.717, 1.165) is 4.88 Å². The topological polar surface area (TPSA) is 110 Å². The van der Waals surface area contributed by atoms with Gasteiger partial charge in [0.15, 0.2) is 5.13 Å². The highest BCUT2D eigenvalue weighted by molar-refractivity contribution is 7.16. The van der Waals surface area contributed by atoms with Crippen LogP contribution in [0.2, 0.25) is 0 Å². The molecule has 2 aromatic carbocycles. The van der Waals surface area contributed by atoms with E-state index in [0.29, 0.717) is 27.3 Å². The van der Waals surface area contributed by atoms with Crippen LogP contribution in [0.3, 0.4) is 0 Å². The maximum absolute atomic E-state index is 12.8. The first-order valence-electron chi connectivity index (χ1n) is 8.91. The molecule has 0 bridgehead atoms. The number of rotatable bonds is 6. The van der Waals surface area contributed by atoms with Gasteiger partial charge in [0, 0.05) is 39.7 Å². The SMILES string of the molecule is Cc1sc(NC(=O)c2c[nH]c3ccc([N+](=O)[O-])cc23)nc1-c1ccc(OC(F)F)cc1. The predicted octanol–water partition coefficient (Wildman–Crippen LogP) is 5.36. The number of nitro groups is 1. The molecular formula is C20H14F2N4O4S. The Labute approximate surface area is 177 Å². The number of nitrogens with zero attached hydrogens (tertiary/aromatic N) is 2. The fourth-order valence-corrected chi connectivity index (χ4v) is 3.92. The van der Waals surface area contributed by atoms with Crippen molar-refractivity contribution in [1.82, 2.24) is 9.97 Å². The number of ether oxygens (including phenoxy) is 1. The minimum absolute atomic E-state index is 0.0357. The lowest BCUT2D eigenvalue weighted by atomic mass is 10.1. The number of halogens is 2. The number of thiazole rings is 1. The maximum Gasteiger partial charge on any atom is 0.387 e. The number of fused-ring (bicyclic) bond motifs is 1. The van der Waals surface area contributed by atoms with Gasteiger partial charge in [0.05, 0.1) is 16.2 Å². The quantitative estimate of drug-likeness (QED) is 0.307. The fourth-order valence-electron chi connectivity index (χ4n) is 3.09. The number of alkyl halides is 2. The number of aromatic amines is 1. The first kappa shape index (κ1) is 20.4. The maximum atomic E-state index is 12.8. The summed E-state index contributed by atoms with van der Waals surface area (Å²) < 4.78 is 28.9. The Morgan fingerprint density at radius 1 is 1.26 bits per heavy atom. The molecule has 8 nitrogen and oxygen atoms in total. The summed E-state index contributed by atoms with van der Waals surface area (Å²) in [7, 11) is 0. The molecule has 0 radical (unpaired) electrons. The lowest BCUT2D eigenvalue weighted by molar-refractivity contribution is -0.384. The molecule has 11 heteroatoms. The van der Waals surface area contributed by atoms with Crippen molar-refractivity contribution in [3.8, 4) is 17.0 Å². The number of carbonyl (C=O) groups is 1. The molecule has 0 spiro atoms. The molecule has 31 heavy (non-hydrogen) atoms. The summed E-state index contributed by atoms with van der Waals surface area (Å²) in [5.74, 6) is -0.429. The zero-order valence-electron chi connectivity index (χ0n) is 15.9. The van der Waals surface area contributed by atoms with Crippen molar-refractivity contribution in [3.63, 3.8) is 0 Å². The minimum atomic E-state index is -2.90. The number of aryl methyl sites for hydroxylation is 1. The van der Waals surface area contributed by atoms with Crippen molar-refractivity contribution >= 4 is 39.0 Å². The van der Waals surface area contributed by atoms with Gasteiger partial charge in [-0.05, 0) is 37.3 Å². The van der Waals surface area contributed by atoms with Crippen LogP contribution in [0.15, 0.2) is 48.7 Å². The van der Waals surface area contributed by atoms with E-state index in [1.807, 2.05) is 6.92 Å². The van der Waals surface area contributed by atoms with E-state index < -0.39 is 17.4 Å². The average Bonchev–Trinajstić information content (AvgIpc) is 3.30.